The van der Waals surface area contributed by atoms with Gasteiger partial charge in [0.2, 0.25) is 5.91 Å². The second kappa shape index (κ2) is 7.83. The Morgan fingerprint density at radius 3 is 2.48 bits per heavy atom. The third kappa shape index (κ3) is 4.28. The first-order chi connectivity index (χ1) is 12.0. The number of aromatic nitrogens is 2. The van der Waals surface area contributed by atoms with E-state index in [1.807, 2.05) is 55.8 Å². The minimum atomic E-state index is -0.202. The second-order valence-electron chi connectivity index (χ2n) is 7.08. The fraction of sp³-hybridized carbons (Fsp3) is 0.500. The first-order valence-electron chi connectivity index (χ1n) is 9.15. The summed E-state index contributed by atoms with van der Waals surface area (Å²) in [5.74, 6) is 0.0853. The molecule has 0 spiro atoms. The Kier molecular flexibility index (Phi) is 5.53. The molecule has 2 atom stereocenters. The monoisotopic (exact) mass is 340 g/mol. The molecular weight excluding hydrogens is 312 g/mol. The molecule has 1 N–H and O–H groups in total. The van der Waals surface area contributed by atoms with Gasteiger partial charge in [0.1, 0.15) is 6.04 Å². The van der Waals surface area contributed by atoms with Gasteiger partial charge in [-0.15, -0.1) is 0 Å². The normalized spacial score (nSPS) is 17.4. The maximum Gasteiger partial charge on any atom is 0.242 e. The fourth-order valence-corrected chi connectivity index (χ4v) is 3.65. The molecule has 0 bridgehead atoms. The highest BCUT2D eigenvalue weighted by atomic mass is 16.2. The van der Waals surface area contributed by atoms with Crippen LogP contribution in [0, 0.1) is 13.8 Å². The van der Waals surface area contributed by atoms with Crippen molar-refractivity contribution in [1.29, 1.82) is 0 Å². The van der Waals surface area contributed by atoms with Crippen LogP contribution in [0.5, 0.6) is 0 Å². The molecule has 1 aliphatic heterocycles. The maximum absolute atomic E-state index is 13.0. The fourth-order valence-electron chi connectivity index (χ4n) is 3.65. The van der Waals surface area contributed by atoms with Gasteiger partial charge in [-0.3, -0.25) is 14.4 Å². The molecule has 1 aromatic carbocycles. The van der Waals surface area contributed by atoms with Crippen LogP contribution in [-0.2, 0) is 11.3 Å². The Morgan fingerprint density at radius 2 is 1.88 bits per heavy atom. The molecule has 0 aliphatic carbocycles. The summed E-state index contributed by atoms with van der Waals surface area (Å²) in [6.45, 7) is 8.74. The molecule has 1 saturated heterocycles. The number of likely N-dealkylation sites (tertiary alicyclic amines) is 1. The highest BCUT2D eigenvalue weighted by molar-refractivity contribution is 5.83. The van der Waals surface area contributed by atoms with Gasteiger partial charge in [0.25, 0.3) is 0 Å². The van der Waals surface area contributed by atoms with E-state index < -0.39 is 0 Å². The number of nitrogens with zero attached hydrogens (tertiary/aromatic N) is 3. The number of hydrogen-bond donors (Lipinski definition) is 1. The molecule has 0 saturated carbocycles. The van der Waals surface area contributed by atoms with E-state index in [1.54, 1.807) is 0 Å². The summed E-state index contributed by atoms with van der Waals surface area (Å²) in [6.07, 6.45) is 2.33. The summed E-state index contributed by atoms with van der Waals surface area (Å²) in [4.78, 5) is 15.3. The van der Waals surface area contributed by atoms with E-state index in [0.29, 0.717) is 6.54 Å². The summed E-state index contributed by atoms with van der Waals surface area (Å²) >= 11 is 0. The quantitative estimate of drug-likeness (QED) is 0.880. The molecule has 25 heavy (non-hydrogen) atoms. The lowest BCUT2D eigenvalue weighted by atomic mass is 10.0. The van der Waals surface area contributed by atoms with E-state index in [1.165, 1.54) is 0 Å². The van der Waals surface area contributed by atoms with Crippen LogP contribution in [-0.4, -0.2) is 39.7 Å². The van der Waals surface area contributed by atoms with Crippen LogP contribution in [0.15, 0.2) is 36.4 Å². The van der Waals surface area contributed by atoms with Gasteiger partial charge in [-0.2, -0.15) is 5.10 Å². The molecular formula is C20H28N4O. The van der Waals surface area contributed by atoms with Gasteiger partial charge < -0.3 is 5.32 Å². The molecule has 1 amide bonds. The first kappa shape index (κ1) is 17.7. The van der Waals surface area contributed by atoms with Crippen molar-refractivity contribution in [2.45, 2.75) is 52.2 Å². The Morgan fingerprint density at radius 1 is 1.20 bits per heavy atom. The third-order valence-electron chi connectivity index (χ3n) is 4.81. The van der Waals surface area contributed by atoms with Gasteiger partial charge in [-0.25, -0.2) is 0 Å². The Hall–Kier alpha value is -2.14. The van der Waals surface area contributed by atoms with Gasteiger partial charge in [-0.1, -0.05) is 30.3 Å². The van der Waals surface area contributed by atoms with Crippen molar-refractivity contribution in [2.24, 2.45) is 0 Å². The molecule has 2 heterocycles. The van der Waals surface area contributed by atoms with E-state index in [0.717, 1.165) is 42.9 Å². The Balaban J connectivity index is 1.70. The molecule has 1 aliphatic rings. The van der Waals surface area contributed by atoms with Crippen LogP contribution >= 0.6 is 0 Å². The highest BCUT2D eigenvalue weighted by Gasteiger charge is 2.30. The van der Waals surface area contributed by atoms with E-state index in [2.05, 4.69) is 21.4 Å². The molecule has 5 nitrogen and oxygen atoms in total. The molecule has 134 valence electrons. The minimum absolute atomic E-state index is 0.0271. The summed E-state index contributed by atoms with van der Waals surface area (Å²) in [5.41, 5.74) is 3.20. The van der Waals surface area contributed by atoms with Crippen molar-refractivity contribution in [3.63, 3.8) is 0 Å². The van der Waals surface area contributed by atoms with Crippen molar-refractivity contribution < 1.29 is 4.79 Å². The molecule has 1 aromatic heterocycles. The van der Waals surface area contributed by atoms with Gasteiger partial charge >= 0.3 is 0 Å². The van der Waals surface area contributed by atoms with Crippen molar-refractivity contribution in [2.75, 3.05) is 13.1 Å². The predicted molar refractivity (Wildman–Crippen MR) is 99.3 cm³/mol. The zero-order valence-corrected chi connectivity index (χ0v) is 15.4. The zero-order valence-electron chi connectivity index (χ0n) is 15.4. The maximum atomic E-state index is 13.0. The van der Waals surface area contributed by atoms with Crippen LogP contribution in [0.3, 0.4) is 0 Å². The summed E-state index contributed by atoms with van der Waals surface area (Å²) in [6, 6.07) is 12.0. The highest BCUT2D eigenvalue weighted by Crippen LogP contribution is 2.25. The number of amides is 1. The van der Waals surface area contributed by atoms with E-state index >= 15 is 0 Å². The smallest absolute Gasteiger partial charge is 0.242 e. The van der Waals surface area contributed by atoms with Crippen LogP contribution < -0.4 is 5.32 Å². The second-order valence-corrected chi connectivity index (χ2v) is 7.08. The van der Waals surface area contributed by atoms with Crippen LogP contribution in [0.2, 0.25) is 0 Å². The van der Waals surface area contributed by atoms with Gasteiger partial charge in [0.15, 0.2) is 0 Å². The molecule has 3 rings (SSSR count). The topological polar surface area (TPSA) is 50.2 Å². The largest absolute Gasteiger partial charge is 0.350 e. The lowest BCUT2D eigenvalue weighted by molar-refractivity contribution is -0.127. The van der Waals surface area contributed by atoms with Crippen molar-refractivity contribution in [3.05, 3.63) is 53.3 Å². The van der Waals surface area contributed by atoms with Crippen molar-refractivity contribution in [1.82, 2.24) is 20.0 Å². The lowest BCUT2D eigenvalue weighted by Gasteiger charge is -2.28. The SMILES string of the molecule is Cc1cc(C)n(C[C@@H](C)NC(=O)[C@@H](c2ccccc2)N2CCCC2)n1. The number of carbonyl (C=O) groups excluding carboxylic acids is 1. The van der Waals surface area contributed by atoms with Gasteiger partial charge in [-0.05, 0) is 58.3 Å². The number of benzene rings is 1. The minimum Gasteiger partial charge on any atom is -0.350 e. The number of carbonyl (C=O) groups is 1. The average molecular weight is 340 g/mol. The van der Waals surface area contributed by atoms with Crippen LogP contribution in [0.1, 0.15) is 42.8 Å². The average Bonchev–Trinajstić information content (AvgIpc) is 3.19. The predicted octanol–water partition coefficient (Wildman–Crippen LogP) is 2.84. The van der Waals surface area contributed by atoms with Crippen molar-refractivity contribution in [3.8, 4) is 0 Å². The van der Waals surface area contributed by atoms with Crippen LogP contribution in [0.25, 0.3) is 0 Å². The van der Waals surface area contributed by atoms with Gasteiger partial charge in [0, 0.05) is 11.7 Å². The summed E-state index contributed by atoms with van der Waals surface area (Å²) < 4.78 is 1.97. The van der Waals surface area contributed by atoms with Gasteiger partial charge in [0.05, 0.1) is 12.2 Å². The molecule has 1 fully saturated rings. The van der Waals surface area contributed by atoms with Crippen LogP contribution in [0.4, 0.5) is 0 Å². The number of nitrogens with one attached hydrogen (secondary N) is 1. The van der Waals surface area contributed by atoms with E-state index in [9.17, 15) is 4.79 Å². The third-order valence-corrected chi connectivity index (χ3v) is 4.81. The lowest BCUT2D eigenvalue weighted by Crippen LogP contribution is -2.44. The van der Waals surface area contributed by atoms with E-state index in [4.69, 9.17) is 0 Å². The summed E-state index contributed by atoms with van der Waals surface area (Å²) in [7, 11) is 0. The van der Waals surface area contributed by atoms with Crippen molar-refractivity contribution >= 4 is 5.91 Å². The Bertz CT molecular complexity index is 704. The zero-order chi connectivity index (χ0) is 17.8. The number of rotatable bonds is 6. The number of aryl methyl sites for hydroxylation is 2. The summed E-state index contributed by atoms with van der Waals surface area (Å²) in [5, 5.41) is 7.69. The van der Waals surface area contributed by atoms with E-state index in [-0.39, 0.29) is 18.0 Å². The first-order valence-corrected chi connectivity index (χ1v) is 9.15. The number of hydrogen-bond acceptors (Lipinski definition) is 3. The standard InChI is InChI=1S/C20H28N4O/c1-15-13-17(3)24(22-15)14-16(2)21-20(25)19(23-11-7-8-12-23)18-9-5-4-6-10-18/h4-6,9-10,13,16,19H,7-8,11-12,14H2,1-3H3,(H,21,25)/t16-,19-/m1/s1. The molecule has 0 unspecified atom stereocenters. The molecule has 5 heteroatoms. The molecule has 0 radical (unpaired) electrons. The Labute approximate surface area is 150 Å². The molecule has 2 aromatic rings.